The molecule has 23 heavy (non-hydrogen) atoms. The molecule has 6 heteroatoms. The number of hydrogen-bond donors (Lipinski definition) is 1. The molecule has 5 nitrogen and oxygen atoms in total. The summed E-state index contributed by atoms with van der Waals surface area (Å²) in [7, 11) is -3.25. The van der Waals surface area contributed by atoms with Crippen molar-refractivity contribution < 1.29 is 17.9 Å². The Balaban J connectivity index is 2.02. The van der Waals surface area contributed by atoms with E-state index in [0.29, 0.717) is 17.9 Å². The van der Waals surface area contributed by atoms with E-state index in [-0.39, 0.29) is 23.7 Å². The Bertz CT molecular complexity index is 676. The average molecular weight is 339 g/mol. The molecular formula is C17H25NO4S. The van der Waals surface area contributed by atoms with Crippen LogP contribution in [0.15, 0.2) is 24.3 Å². The van der Waals surface area contributed by atoms with Gasteiger partial charge >= 0.3 is 0 Å². The first-order valence-corrected chi connectivity index (χ1v) is 9.53. The van der Waals surface area contributed by atoms with Gasteiger partial charge in [-0.15, -0.1) is 0 Å². The molecule has 1 fully saturated rings. The molecule has 0 radical (unpaired) electrons. The van der Waals surface area contributed by atoms with Crippen molar-refractivity contribution in [3.8, 4) is 0 Å². The van der Waals surface area contributed by atoms with Gasteiger partial charge in [0.15, 0.2) is 9.84 Å². The Labute approximate surface area is 138 Å². The van der Waals surface area contributed by atoms with Crippen LogP contribution in [0.2, 0.25) is 0 Å². The number of hydrogen-bond acceptors (Lipinski definition) is 4. The molecule has 0 aliphatic heterocycles. The molecule has 0 heterocycles. The minimum atomic E-state index is -3.25. The molecule has 1 aliphatic carbocycles. The second kappa shape index (κ2) is 6.61. The fourth-order valence-electron chi connectivity index (χ4n) is 2.26. The zero-order valence-corrected chi connectivity index (χ0v) is 14.9. The van der Waals surface area contributed by atoms with E-state index in [4.69, 9.17) is 4.74 Å². The molecule has 1 N–H and O–H groups in total. The van der Waals surface area contributed by atoms with Gasteiger partial charge in [-0.1, -0.05) is 12.1 Å². The Kier molecular flexibility index (Phi) is 5.16. The zero-order valence-electron chi connectivity index (χ0n) is 14.1. The Morgan fingerprint density at radius 2 is 2.04 bits per heavy atom. The summed E-state index contributed by atoms with van der Waals surface area (Å²) in [5, 5.41) is 2.84. The first-order valence-electron chi connectivity index (χ1n) is 7.88. The molecule has 0 spiro atoms. The summed E-state index contributed by atoms with van der Waals surface area (Å²) >= 11 is 0. The van der Waals surface area contributed by atoms with Gasteiger partial charge in [0.05, 0.1) is 22.5 Å². The molecule has 1 saturated carbocycles. The zero-order chi connectivity index (χ0) is 17.3. The number of sulfone groups is 1. The molecule has 1 aliphatic rings. The maximum atomic E-state index is 12.3. The van der Waals surface area contributed by atoms with Crippen LogP contribution in [-0.4, -0.2) is 31.8 Å². The van der Waals surface area contributed by atoms with Crippen molar-refractivity contribution >= 4 is 21.4 Å². The minimum Gasteiger partial charge on any atom is -0.378 e. The Morgan fingerprint density at radius 3 is 2.65 bits per heavy atom. The second-order valence-corrected chi connectivity index (χ2v) is 9.64. The lowest BCUT2D eigenvalue weighted by Crippen LogP contribution is -2.29. The first kappa shape index (κ1) is 17.9. The number of carbonyl (C=O) groups excluding carboxylic acids is 1. The number of benzene rings is 1. The monoisotopic (exact) mass is 339 g/mol. The summed E-state index contributed by atoms with van der Waals surface area (Å²) < 4.78 is 29.2. The quantitative estimate of drug-likeness (QED) is 0.865. The van der Waals surface area contributed by atoms with Crippen LogP contribution in [0, 0.1) is 5.92 Å². The van der Waals surface area contributed by atoms with Gasteiger partial charge in [0.2, 0.25) is 5.91 Å². The van der Waals surface area contributed by atoms with Crippen LogP contribution in [0.1, 0.15) is 39.7 Å². The number of nitrogens with one attached hydrogen (secondary N) is 1. The van der Waals surface area contributed by atoms with Crippen LogP contribution < -0.4 is 5.32 Å². The Hall–Kier alpha value is -1.40. The number of rotatable bonds is 6. The molecule has 0 saturated heterocycles. The molecule has 1 aromatic rings. The topological polar surface area (TPSA) is 72.5 Å². The van der Waals surface area contributed by atoms with Gasteiger partial charge in [-0.05, 0) is 51.8 Å². The molecule has 0 aromatic heterocycles. The van der Waals surface area contributed by atoms with Crippen molar-refractivity contribution in [3.63, 3.8) is 0 Å². The fraction of sp³-hybridized carbons (Fsp3) is 0.588. The maximum absolute atomic E-state index is 12.3. The number of amides is 1. The van der Waals surface area contributed by atoms with Gasteiger partial charge in [0.25, 0.3) is 0 Å². The van der Waals surface area contributed by atoms with E-state index >= 15 is 0 Å². The lowest BCUT2D eigenvalue weighted by molar-refractivity contribution is -0.118. The summed E-state index contributed by atoms with van der Waals surface area (Å²) in [5.41, 5.74) is 1.30. The third-order valence-electron chi connectivity index (χ3n) is 3.93. The highest BCUT2D eigenvalue weighted by Crippen LogP contribution is 2.34. The van der Waals surface area contributed by atoms with Gasteiger partial charge in [-0.3, -0.25) is 4.79 Å². The van der Waals surface area contributed by atoms with E-state index < -0.39 is 14.6 Å². The lowest BCUT2D eigenvalue weighted by atomic mass is 10.2. The van der Waals surface area contributed by atoms with Gasteiger partial charge in [0.1, 0.15) is 0 Å². The smallest absolute Gasteiger partial charge is 0.230 e. The van der Waals surface area contributed by atoms with Crippen molar-refractivity contribution in [2.24, 2.45) is 5.92 Å². The summed E-state index contributed by atoms with van der Waals surface area (Å²) in [6.45, 7) is 7.58. The number of carbonyl (C=O) groups is 1. The third kappa shape index (κ3) is 4.54. The van der Waals surface area contributed by atoms with E-state index in [1.807, 2.05) is 6.92 Å². The van der Waals surface area contributed by atoms with Crippen molar-refractivity contribution in [2.45, 2.75) is 50.7 Å². The average Bonchev–Trinajstić information content (AvgIpc) is 3.17. The molecule has 0 bridgehead atoms. The standard InChI is InChI=1S/C17H25NO4S/c1-5-22-15-10-14(15)16(19)18-13-8-6-7-12(9-13)11-23(20,21)17(2,3)4/h6-9,14-15H,5,10-11H2,1-4H3,(H,18,19). The van der Waals surface area contributed by atoms with Crippen LogP contribution in [0.3, 0.4) is 0 Å². The molecule has 2 unspecified atom stereocenters. The summed E-state index contributed by atoms with van der Waals surface area (Å²) in [4.78, 5) is 12.1. The Morgan fingerprint density at radius 1 is 1.35 bits per heavy atom. The molecule has 2 atom stereocenters. The second-order valence-electron chi connectivity index (χ2n) is 6.90. The fourth-order valence-corrected chi connectivity index (χ4v) is 3.31. The first-order chi connectivity index (χ1) is 10.6. The highest BCUT2D eigenvalue weighted by atomic mass is 32.2. The van der Waals surface area contributed by atoms with Gasteiger partial charge in [0, 0.05) is 12.3 Å². The van der Waals surface area contributed by atoms with Crippen LogP contribution >= 0.6 is 0 Å². The highest BCUT2D eigenvalue weighted by Gasteiger charge is 2.43. The normalized spacial score (nSPS) is 21.0. The molecule has 2 rings (SSSR count). The largest absolute Gasteiger partial charge is 0.378 e. The van der Waals surface area contributed by atoms with Crippen molar-refractivity contribution in [2.75, 3.05) is 11.9 Å². The van der Waals surface area contributed by atoms with Crippen LogP contribution in [0.25, 0.3) is 0 Å². The van der Waals surface area contributed by atoms with Crippen LogP contribution in [0.5, 0.6) is 0 Å². The number of anilines is 1. The molecular weight excluding hydrogens is 314 g/mol. The van der Waals surface area contributed by atoms with E-state index in [1.165, 1.54) is 0 Å². The van der Waals surface area contributed by atoms with Gasteiger partial charge in [-0.25, -0.2) is 8.42 Å². The van der Waals surface area contributed by atoms with E-state index in [0.717, 1.165) is 6.42 Å². The minimum absolute atomic E-state index is 0.0180. The SMILES string of the molecule is CCOC1CC1C(=O)Nc1cccc(CS(=O)(=O)C(C)(C)C)c1. The van der Waals surface area contributed by atoms with Crippen molar-refractivity contribution in [1.82, 2.24) is 0 Å². The molecule has 128 valence electrons. The van der Waals surface area contributed by atoms with Crippen LogP contribution in [0.4, 0.5) is 5.69 Å². The van der Waals surface area contributed by atoms with E-state index in [9.17, 15) is 13.2 Å². The lowest BCUT2D eigenvalue weighted by Gasteiger charge is -2.19. The maximum Gasteiger partial charge on any atom is 0.230 e. The van der Waals surface area contributed by atoms with Crippen LogP contribution in [-0.2, 0) is 25.1 Å². The van der Waals surface area contributed by atoms with E-state index in [1.54, 1.807) is 45.0 Å². The molecule has 1 amide bonds. The molecule has 1 aromatic carbocycles. The van der Waals surface area contributed by atoms with Gasteiger partial charge in [-0.2, -0.15) is 0 Å². The third-order valence-corrected chi connectivity index (χ3v) is 6.51. The summed E-state index contributed by atoms with van der Waals surface area (Å²) in [5.74, 6) is -0.207. The van der Waals surface area contributed by atoms with E-state index in [2.05, 4.69) is 5.32 Å². The highest BCUT2D eigenvalue weighted by molar-refractivity contribution is 7.91. The van der Waals surface area contributed by atoms with Gasteiger partial charge < -0.3 is 10.1 Å². The summed E-state index contributed by atoms with van der Waals surface area (Å²) in [6.07, 6.45) is 0.766. The van der Waals surface area contributed by atoms with Crippen molar-refractivity contribution in [1.29, 1.82) is 0 Å². The summed E-state index contributed by atoms with van der Waals surface area (Å²) in [6, 6.07) is 7.01. The van der Waals surface area contributed by atoms with Crippen molar-refractivity contribution in [3.05, 3.63) is 29.8 Å². The predicted molar refractivity (Wildman–Crippen MR) is 91.0 cm³/mol. The predicted octanol–water partition coefficient (Wildman–Crippen LogP) is 2.76. The number of ether oxygens (including phenoxy) is 1.